The lowest BCUT2D eigenvalue weighted by atomic mass is 10.2. The second-order valence-corrected chi connectivity index (χ2v) is 5.22. The van der Waals surface area contributed by atoms with E-state index in [0.717, 1.165) is 6.07 Å². The summed E-state index contributed by atoms with van der Waals surface area (Å²) in [7, 11) is 0. The third kappa shape index (κ3) is 5.99. The number of hydrogen-bond donors (Lipinski definition) is 3. The molecule has 0 saturated heterocycles. The molecule has 0 radical (unpaired) electrons. The van der Waals surface area contributed by atoms with E-state index in [4.69, 9.17) is 5.11 Å². The number of aliphatic carboxylic acids is 1. The summed E-state index contributed by atoms with van der Waals surface area (Å²) in [4.78, 5) is 22.5. The van der Waals surface area contributed by atoms with Gasteiger partial charge in [0.25, 0.3) is 0 Å². The molecule has 0 fully saturated rings. The number of urea groups is 1. The van der Waals surface area contributed by atoms with Gasteiger partial charge in [0.05, 0.1) is 0 Å². The second-order valence-electron chi connectivity index (χ2n) is 4.24. The van der Waals surface area contributed by atoms with E-state index in [9.17, 15) is 18.4 Å². The molecule has 0 spiro atoms. The molecule has 0 heterocycles. The van der Waals surface area contributed by atoms with E-state index in [-0.39, 0.29) is 18.5 Å². The summed E-state index contributed by atoms with van der Waals surface area (Å²) >= 11 is 1.47. The fraction of sp³-hybridized carbons (Fsp3) is 0.385. The van der Waals surface area contributed by atoms with Crippen LogP contribution in [0, 0.1) is 11.6 Å². The number of carboxylic acid groups (broad SMARTS) is 1. The molecule has 8 heteroatoms. The number of carbonyl (C=O) groups excluding carboxylic acids is 1. The summed E-state index contributed by atoms with van der Waals surface area (Å²) in [5.41, 5.74) is 0.113. The van der Waals surface area contributed by atoms with Crippen molar-refractivity contribution in [2.75, 3.05) is 12.0 Å². The van der Waals surface area contributed by atoms with Gasteiger partial charge in [0.1, 0.15) is 17.7 Å². The highest BCUT2D eigenvalue weighted by atomic mass is 32.2. The number of amides is 2. The Balaban J connectivity index is 2.50. The molecule has 0 unspecified atom stereocenters. The molecular weight excluding hydrogens is 302 g/mol. The van der Waals surface area contributed by atoms with Crippen LogP contribution in [-0.2, 0) is 11.3 Å². The third-order valence-electron chi connectivity index (χ3n) is 2.67. The first-order chi connectivity index (χ1) is 9.93. The van der Waals surface area contributed by atoms with Crippen molar-refractivity contribution in [1.29, 1.82) is 0 Å². The van der Waals surface area contributed by atoms with Gasteiger partial charge in [-0.3, -0.25) is 0 Å². The summed E-state index contributed by atoms with van der Waals surface area (Å²) in [6, 6.07) is 1.29. The zero-order valence-electron chi connectivity index (χ0n) is 11.4. The Morgan fingerprint density at radius 3 is 2.67 bits per heavy atom. The van der Waals surface area contributed by atoms with E-state index in [0.29, 0.717) is 11.8 Å². The molecule has 1 aromatic rings. The molecule has 0 aliphatic carbocycles. The molecule has 0 bridgehead atoms. The number of halogens is 2. The Morgan fingerprint density at radius 1 is 1.38 bits per heavy atom. The highest BCUT2D eigenvalue weighted by molar-refractivity contribution is 7.98. The Hall–Kier alpha value is -1.83. The predicted molar refractivity (Wildman–Crippen MR) is 76.2 cm³/mol. The first kappa shape index (κ1) is 17.2. The van der Waals surface area contributed by atoms with E-state index in [2.05, 4.69) is 10.6 Å². The minimum atomic E-state index is -1.13. The van der Waals surface area contributed by atoms with Crippen LogP contribution in [0.25, 0.3) is 0 Å². The van der Waals surface area contributed by atoms with E-state index in [1.165, 1.54) is 17.8 Å². The quantitative estimate of drug-likeness (QED) is 0.718. The molecule has 0 saturated carbocycles. The van der Waals surface area contributed by atoms with Crippen molar-refractivity contribution in [2.24, 2.45) is 0 Å². The van der Waals surface area contributed by atoms with Gasteiger partial charge in [0.15, 0.2) is 0 Å². The van der Waals surface area contributed by atoms with Crippen LogP contribution in [0.15, 0.2) is 18.2 Å². The van der Waals surface area contributed by atoms with Crippen molar-refractivity contribution in [3.63, 3.8) is 0 Å². The topological polar surface area (TPSA) is 78.4 Å². The van der Waals surface area contributed by atoms with Crippen molar-refractivity contribution in [1.82, 2.24) is 10.6 Å². The standard InChI is InChI=1S/C13H16F2N2O3S/c1-21-5-4-11(12(18)19)17-13(20)16-7-8-2-3-9(14)6-10(8)15/h2-3,6,11H,4-5,7H2,1H3,(H,18,19)(H2,16,17,20)/t11-/m0/s1. The largest absolute Gasteiger partial charge is 0.480 e. The fourth-order valence-corrected chi connectivity index (χ4v) is 2.01. The molecular formula is C13H16F2N2O3S. The summed E-state index contributed by atoms with van der Waals surface area (Å²) < 4.78 is 26.1. The summed E-state index contributed by atoms with van der Waals surface area (Å²) in [6.45, 7) is -0.160. The summed E-state index contributed by atoms with van der Waals surface area (Å²) in [5.74, 6) is -2.02. The summed E-state index contributed by atoms with van der Waals surface area (Å²) in [6.07, 6.45) is 2.12. The van der Waals surface area contributed by atoms with Gasteiger partial charge in [0, 0.05) is 18.2 Å². The zero-order chi connectivity index (χ0) is 15.8. The number of carboxylic acids is 1. The van der Waals surface area contributed by atoms with E-state index < -0.39 is 29.7 Å². The first-order valence-corrected chi connectivity index (χ1v) is 7.53. The third-order valence-corrected chi connectivity index (χ3v) is 3.31. The number of carbonyl (C=O) groups is 2. The maximum absolute atomic E-state index is 13.3. The molecule has 0 aromatic heterocycles. The van der Waals surface area contributed by atoms with Gasteiger partial charge in [-0.15, -0.1) is 0 Å². The number of hydrogen-bond acceptors (Lipinski definition) is 3. The molecule has 5 nitrogen and oxygen atoms in total. The Labute approximate surface area is 125 Å². The number of thioether (sulfide) groups is 1. The number of benzene rings is 1. The molecule has 1 rings (SSSR count). The minimum Gasteiger partial charge on any atom is -0.480 e. The highest BCUT2D eigenvalue weighted by Crippen LogP contribution is 2.09. The van der Waals surface area contributed by atoms with Crippen molar-refractivity contribution in [3.05, 3.63) is 35.4 Å². The van der Waals surface area contributed by atoms with Crippen LogP contribution < -0.4 is 10.6 Å². The first-order valence-electron chi connectivity index (χ1n) is 6.14. The Bertz CT molecular complexity index is 514. The molecule has 116 valence electrons. The lowest BCUT2D eigenvalue weighted by Gasteiger charge is -2.14. The Kier molecular flexibility index (Phi) is 6.93. The van der Waals surface area contributed by atoms with Crippen LogP contribution >= 0.6 is 11.8 Å². The molecule has 0 aliphatic rings. The van der Waals surface area contributed by atoms with Gasteiger partial charge in [0.2, 0.25) is 0 Å². The molecule has 21 heavy (non-hydrogen) atoms. The molecule has 2 amide bonds. The predicted octanol–water partition coefficient (Wildman–Crippen LogP) is 1.97. The molecule has 1 atom stereocenters. The second kappa shape index (κ2) is 8.46. The SMILES string of the molecule is CSCC[C@H](NC(=O)NCc1ccc(F)cc1F)C(=O)O. The average Bonchev–Trinajstić information content (AvgIpc) is 2.42. The smallest absolute Gasteiger partial charge is 0.326 e. The highest BCUT2D eigenvalue weighted by Gasteiger charge is 2.19. The van der Waals surface area contributed by atoms with Crippen LogP contribution in [0.3, 0.4) is 0 Å². The Morgan fingerprint density at radius 2 is 2.10 bits per heavy atom. The van der Waals surface area contributed by atoms with Gasteiger partial charge >= 0.3 is 12.0 Å². The lowest BCUT2D eigenvalue weighted by molar-refractivity contribution is -0.139. The monoisotopic (exact) mass is 318 g/mol. The lowest BCUT2D eigenvalue weighted by Crippen LogP contribution is -2.46. The van der Waals surface area contributed by atoms with Crippen molar-refractivity contribution >= 4 is 23.8 Å². The van der Waals surface area contributed by atoms with Crippen molar-refractivity contribution in [2.45, 2.75) is 19.0 Å². The van der Waals surface area contributed by atoms with Crippen LogP contribution in [0.5, 0.6) is 0 Å². The van der Waals surface area contributed by atoms with Crippen molar-refractivity contribution in [3.8, 4) is 0 Å². The number of nitrogens with one attached hydrogen (secondary N) is 2. The van der Waals surface area contributed by atoms with Crippen molar-refractivity contribution < 1.29 is 23.5 Å². The van der Waals surface area contributed by atoms with Crippen LogP contribution in [0.1, 0.15) is 12.0 Å². The maximum atomic E-state index is 13.3. The van der Waals surface area contributed by atoms with Gasteiger partial charge in [-0.05, 0) is 24.5 Å². The summed E-state index contributed by atoms with van der Waals surface area (Å²) in [5, 5.41) is 13.6. The van der Waals surface area contributed by atoms with Crippen LogP contribution in [0.4, 0.5) is 13.6 Å². The minimum absolute atomic E-state index is 0.113. The molecule has 3 N–H and O–H groups in total. The van der Waals surface area contributed by atoms with E-state index in [1.807, 2.05) is 6.26 Å². The average molecular weight is 318 g/mol. The van der Waals surface area contributed by atoms with E-state index >= 15 is 0 Å². The number of rotatable bonds is 7. The molecule has 1 aromatic carbocycles. The normalized spacial score (nSPS) is 11.8. The van der Waals surface area contributed by atoms with Crippen LogP contribution in [0.2, 0.25) is 0 Å². The van der Waals surface area contributed by atoms with Crippen LogP contribution in [-0.4, -0.2) is 35.2 Å². The van der Waals surface area contributed by atoms with Gasteiger partial charge in [-0.2, -0.15) is 11.8 Å². The fourth-order valence-electron chi connectivity index (χ4n) is 1.54. The van der Waals surface area contributed by atoms with E-state index in [1.54, 1.807) is 0 Å². The zero-order valence-corrected chi connectivity index (χ0v) is 12.2. The van der Waals surface area contributed by atoms with Gasteiger partial charge in [-0.1, -0.05) is 6.07 Å². The van der Waals surface area contributed by atoms with Gasteiger partial charge in [-0.25, -0.2) is 18.4 Å². The van der Waals surface area contributed by atoms with Gasteiger partial charge < -0.3 is 15.7 Å². The molecule has 0 aliphatic heterocycles. The maximum Gasteiger partial charge on any atom is 0.326 e.